The predicted molar refractivity (Wildman–Crippen MR) is 192 cm³/mol. The Balaban J connectivity index is 0.000000428. The number of nitrogens with zero attached hydrogens (tertiary/aromatic N) is 2. The van der Waals surface area contributed by atoms with Crippen LogP contribution < -0.4 is 40.5 Å². The molecule has 0 atom stereocenters. The maximum absolute atomic E-state index is 12.1. The van der Waals surface area contributed by atoms with Crippen LogP contribution in [0.5, 0.6) is 0 Å². The van der Waals surface area contributed by atoms with Crippen molar-refractivity contribution in [2.24, 2.45) is 5.73 Å². The van der Waals surface area contributed by atoms with Crippen molar-refractivity contribution >= 4 is 79.6 Å². The number of benzene rings is 4. The summed E-state index contributed by atoms with van der Waals surface area (Å²) in [5.41, 5.74) is 9.40. The Morgan fingerprint density at radius 3 is 1.53 bits per heavy atom. The molecular formula is C35H34Cl2FLiN6O4. The van der Waals surface area contributed by atoms with Crippen molar-refractivity contribution in [2.45, 2.75) is 0 Å². The first-order chi connectivity index (χ1) is 23.2. The average molecular weight is 701 g/mol. The zero-order valence-electron chi connectivity index (χ0n) is 27.9. The van der Waals surface area contributed by atoms with Crippen LogP contribution in [-0.2, 0) is 0 Å². The van der Waals surface area contributed by atoms with Gasteiger partial charge in [0, 0.05) is 51.6 Å². The van der Waals surface area contributed by atoms with Gasteiger partial charge in [-0.3, -0.25) is 19.2 Å². The molecule has 6 rings (SSSR count). The maximum atomic E-state index is 12.1. The summed E-state index contributed by atoms with van der Waals surface area (Å²) in [5.74, 6) is -1.24. The summed E-state index contributed by atoms with van der Waals surface area (Å²) >= 11 is 12.1. The largest absolute Gasteiger partial charge is 1.00 e. The minimum Gasteiger partial charge on any atom is -0.870 e. The van der Waals surface area contributed by atoms with E-state index in [-0.39, 0.29) is 35.8 Å². The topological polar surface area (TPSA) is 172 Å². The van der Waals surface area contributed by atoms with E-state index in [1.165, 1.54) is 13.2 Å². The van der Waals surface area contributed by atoms with Gasteiger partial charge in [-0.1, -0.05) is 59.6 Å². The third-order valence-electron chi connectivity index (χ3n) is 6.45. The summed E-state index contributed by atoms with van der Waals surface area (Å²) in [5, 5.41) is 21.0. The Morgan fingerprint density at radius 2 is 1.14 bits per heavy atom. The number of pyridine rings is 2. The fraction of sp³-hybridized carbons (Fsp3) is 0.0857. The molecule has 0 aliphatic rings. The summed E-state index contributed by atoms with van der Waals surface area (Å²) < 4.78 is 15.5. The molecule has 2 aromatic heterocycles. The van der Waals surface area contributed by atoms with Crippen molar-refractivity contribution in [3.63, 3.8) is 0 Å². The Morgan fingerprint density at radius 1 is 0.755 bits per heavy atom. The van der Waals surface area contributed by atoms with Crippen LogP contribution in [0.4, 0.5) is 27.1 Å². The molecule has 6 aromatic rings. The maximum Gasteiger partial charge on any atom is 1.00 e. The van der Waals surface area contributed by atoms with Gasteiger partial charge in [0.05, 0.1) is 36.5 Å². The Kier molecular flexibility index (Phi) is 17.6. The molecule has 4 aromatic carbocycles. The molecule has 10 nitrogen and oxygen atoms in total. The quantitative estimate of drug-likeness (QED) is 0.145. The normalized spacial score (nSPS) is 9.71. The molecule has 7 N–H and O–H groups in total. The molecule has 0 spiro atoms. The van der Waals surface area contributed by atoms with Crippen molar-refractivity contribution in [1.29, 1.82) is 0 Å². The van der Waals surface area contributed by atoms with Gasteiger partial charge < -0.3 is 32.3 Å². The molecule has 0 aliphatic carbocycles. The van der Waals surface area contributed by atoms with Crippen LogP contribution in [0.15, 0.2) is 109 Å². The smallest absolute Gasteiger partial charge is 0.870 e. The number of aromatic carboxylic acids is 1. The minimum atomic E-state index is -1.04. The van der Waals surface area contributed by atoms with Crippen LogP contribution in [0.1, 0.15) is 22.1 Å². The number of rotatable bonds is 6. The van der Waals surface area contributed by atoms with E-state index < -0.39 is 13.1 Å². The van der Waals surface area contributed by atoms with E-state index in [0.717, 1.165) is 22.3 Å². The molecule has 250 valence electrons. The molecule has 49 heavy (non-hydrogen) atoms. The van der Waals surface area contributed by atoms with E-state index in [1.807, 2.05) is 72.8 Å². The van der Waals surface area contributed by atoms with Crippen molar-refractivity contribution in [3.8, 4) is 0 Å². The SMILES string of the molecule is CN.CNC(=O)c1cnc2ccc(Cl)cc2c1Nc1ccccc1.O=C(O)c1cnc2ccc(Cl)cc2c1Nc1ccccc1.[2H]CF.[Li+].[OH-]. The second-order valence-electron chi connectivity index (χ2n) is 9.28. The number of halogens is 3. The number of carboxylic acids is 1. The van der Waals surface area contributed by atoms with E-state index >= 15 is 0 Å². The van der Waals surface area contributed by atoms with Gasteiger partial charge in [-0.25, -0.2) is 4.79 Å². The fourth-order valence-corrected chi connectivity index (χ4v) is 4.74. The zero-order valence-corrected chi connectivity index (χ0v) is 28.4. The van der Waals surface area contributed by atoms with E-state index in [9.17, 15) is 19.1 Å². The van der Waals surface area contributed by atoms with Crippen molar-refractivity contribution in [1.82, 2.24) is 15.3 Å². The number of carbonyl (C=O) groups excluding carboxylic acids is 1. The number of carbonyl (C=O) groups is 2. The number of anilines is 4. The first-order valence-electron chi connectivity index (χ1n) is 14.6. The number of hydrogen-bond acceptors (Lipinski definition) is 8. The number of nitrogens with one attached hydrogen (secondary N) is 3. The van der Waals surface area contributed by atoms with Crippen molar-refractivity contribution in [2.75, 3.05) is 31.9 Å². The standard InChI is InChI=1S/C17H14ClN3O.C16H11ClN2O2.CH3F.CH5N.Li.H2O/c1-19-17(22)14-10-20-15-8-7-11(18)9-13(15)16(14)21-12-5-3-2-4-6-12;17-10-6-7-14-12(8-10)15(13(9-18-14)16(20)21)19-11-4-2-1-3-5-11;2*1-2;;/h2-10H,1H3,(H,19,22)(H,20,21);1-9H,(H,18,19)(H,20,21);1H3;2H2,1H3;;1H2/q;;;;+1;/p-1/i;;1D;;;. The first kappa shape index (κ1) is 40.4. The van der Waals surface area contributed by atoms with Crippen LogP contribution in [0.3, 0.4) is 0 Å². The summed E-state index contributed by atoms with van der Waals surface area (Å²) in [6, 6.07) is 29.7. The van der Waals surface area contributed by atoms with Crippen LogP contribution in [-0.4, -0.2) is 53.7 Å². The van der Waals surface area contributed by atoms with Gasteiger partial charge in [0.1, 0.15) is 5.56 Å². The molecule has 0 saturated heterocycles. The van der Waals surface area contributed by atoms with Gasteiger partial charge in [-0.15, -0.1) is 0 Å². The predicted octanol–water partition coefficient (Wildman–Crippen LogP) is 5.31. The van der Waals surface area contributed by atoms with E-state index in [2.05, 4.69) is 31.7 Å². The molecule has 2 heterocycles. The summed E-state index contributed by atoms with van der Waals surface area (Å²) in [7, 11) is 2.09. The first-order valence-corrected chi connectivity index (χ1v) is 14.7. The molecule has 14 heteroatoms. The van der Waals surface area contributed by atoms with Gasteiger partial charge in [0.15, 0.2) is 0 Å². The Hall–Kier alpha value is -4.73. The number of para-hydroxylation sites is 2. The Bertz CT molecular complexity index is 1980. The summed E-state index contributed by atoms with van der Waals surface area (Å²) in [6.45, 7) is 0. The van der Waals surface area contributed by atoms with Crippen LogP contribution in [0.2, 0.25) is 10.0 Å². The van der Waals surface area contributed by atoms with Crippen LogP contribution in [0, 0.1) is 0 Å². The molecule has 0 aliphatic heterocycles. The molecule has 0 bridgehead atoms. The van der Waals surface area contributed by atoms with E-state index in [4.69, 9.17) is 24.6 Å². The van der Waals surface area contributed by atoms with Gasteiger partial charge in [-0.05, 0) is 67.7 Å². The van der Waals surface area contributed by atoms with Gasteiger partial charge >= 0.3 is 24.8 Å². The number of amides is 1. The Labute approximate surface area is 306 Å². The molecule has 0 radical (unpaired) electrons. The number of nitrogens with two attached hydrogens (primary N) is 1. The van der Waals surface area contributed by atoms with Gasteiger partial charge in [-0.2, -0.15) is 0 Å². The fourth-order valence-electron chi connectivity index (χ4n) is 4.40. The average Bonchev–Trinajstić information content (AvgIpc) is 3.10. The second-order valence-corrected chi connectivity index (χ2v) is 10.2. The third kappa shape index (κ3) is 11.2. The number of hydrogen-bond donors (Lipinski definition) is 5. The van der Waals surface area contributed by atoms with Crippen LogP contribution >= 0.6 is 23.2 Å². The molecule has 0 saturated carbocycles. The number of aromatic nitrogens is 2. The number of carboxylic acid groups (broad SMARTS) is 1. The molecule has 1 amide bonds. The third-order valence-corrected chi connectivity index (χ3v) is 6.92. The minimum absolute atomic E-state index is 0. The summed E-state index contributed by atoms with van der Waals surface area (Å²) in [6.07, 6.45) is 2.92. The monoisotopic (exact) mass is 699 g/mol. The van der Waals surface area contributed by atoms with E-state index in [1.54, 1.807) is 37.5 Å². The van der Waals surface area contributed by atoms with E-state index in [0.29, 0.717) is 37.9 Å². The second kappa shape index (κ2) is 21.3. The summed E-state index contributed by atoms with van der Waals surface area (Å²) in [4.78, 5) is 32.1. The van der Waals surface area contributed by atoms with Crippen LogP contribution in [0.25, 0.3) is 21.8 Å². The van der Waals surface area contributed by atoms with Crippen molar-refractivity contribution < 1.29 is 44.8 Å². The molecule has 0 fully saturated rings. The molecular weight excluding hydrogens is 665 g/mol. The van der Waals surface area contributed by atoms with Gasteiger partial charge in [0.2, 0.25) is 0 Å². The molecule has 0 unspecified atom stereocenters. The zero-order chi connectivity index (χ0) is 35.1. The number of fused-ring (bicyclic) bond motifs is 2. The van der Waals surface area contributed by atoms with Gasteiger partial charge in [0.25, 0.3) is 5.91 Å². The van der Waals surface area contributed by atoms with Crippen molar-refractivity contribution in [3.05, 3.63) is 131 Å². The number of alkyl halides is 1.